The van der Waals surface area contributed by atoms with Crippen molar-refractivity contribution in [3.8, 4) is 5.75 Å². The van der Waals surface area contributed by atoms with E-state index in [1.54, 1.807) is 14.0 Å². The van der Waals surface area contributed by atoms with Gasteiger partial charge >= 0.3 is 0 Å². The van der Waals surface area contributed by atoms with Gasteiger partial charge in [-0.15, -0.1) is 0 Å². The Hall–Kier alpha value is -2.30. The first-order valence-electron chi connectivity index (χ1n) is 7.94. The average Bonchev–Trinajstić information content (AvgIpc) is 2.94. The van der Waals surface area contributed by atoms with Crippen molar-refractivity contribution in [2.45, 2.75) is 46.1 Å². The second-order valence-corrected chi connectivity index (χ2v) is 5.68. The molecule has 0 saturated carbocycles. The van der Waals surface area contributed by atoms with Crippen LogP contribution in [0.15, 0.2) is 28.8 Å². The fraction of sp³-hybridized carbons (Fsp3) is 0.444. The Kier molecular flexibility index (Phi) is 5.79. The molecule has 5 heteroatoms. The maximum atomic E-state index is 12.4. The molecule has 2 rings (SSSR count). The van der Waals surface area contributed by atoms with Gasteiger partial charge in [0.25, 0.3) is 5.91 Å². The van der Waals surface area contributed by atoms with Crippen LogP contribution in [0.25, 0.3) is 0 Å². The van der Waals surface area contributed by atoms with E-state index in [0.717, 1.165) is 18.6 Å². The molecule has 0 aliphatic carbocycles. The van der Waals surface area contributed by atoms with E-state index in [1.807, 2.05) is 38.1 Å². The van der Waals surface area contributed by atoms with Crippen LogP contribution in [-0.2, 0) is 12.8 Å². The maximum absolute atomic E-state index is 12.4. The molecule has 0 unspecified atom stereocenters. The minimum atomic E-state index is -0.108. The van der Waals surface area contributed by atoms with Crippen LogP contribution >= 0.6 is 0 Å². The Labute approximate surface area is 137 Å². The Balaban J connectivity index is 1.89. The second-order valence-electron chi connectivity index (χ2n) is 5.68. The zero-order valence-electron chi connectivity index (χ0n) is 14.2. The van der Waals surface area contributed by atoms with E-state index >= 15 is 0 Å². The lowest BCUT2D eigenvalue weighted by Gasteiger charge is -2.14. The monoisotopic (exact) mass is 316 g/mol. The lowest BCUT2D eigenvalue weighted by molar-refractivity contribution is 0.0936. The highest BCUT2D eigenvalue weighted by atomic mass is 16.5. The van der Waals surface area contributed by atoms with Gasteiger partial charge in [-0.05, 0) is 50.8 Å². The molecule has 0 radical (unpaired) electrons. The number of aromatic nitrogens is 1. The normalized spacial score (nSPS) is 12.0. The van der Waals surface area contributed by atoms with E-state index in [2.05, 4.69) is 10.5 Å². The smallest absolute Gasteiger partial charge is 0.257 e. The van der Waals surface area contributed by atoms with Gasteiger partial charge in [0.1, 0.15) is 17.1 Å². The summed E-state index contributed by atoms with van der Waals surface area (Å²) in [6.07, 6.45) is 2.44. The third-order valence-corrected chi connectivity index (χ3v) is 3.90. The van der Waals surface area contributed by atoms with E-state index in [4.69, 9.17) is 9.26 Å². The molecule has 0 aliphatic rings. The quantitative estimate of drug-likeness (QED) is 0.851. The molecule has 0 fully saturated rings. The van der Waals surface area contributed by atoms with Crippen LogP contribution in [0.4, 0.5) is 0 Å². The zero-order chi connectivity index (χ0) is 16.8. The molecular formula is C18H24N2O3. The Morgan fingerprint density at radius 1 is 1.35 bits per heavy atom. The van der Waals surface area contributed by atoms with Crippen LogP contribution in [0.2, 0.25) is 0 Å². The number of rotatable bonds is 7. The van der Waals surface area contributed by atoms with Gasteiger partial charge in [-0.2, -0.15) is 0 Å². The predicted molar refractivity (Wildman–Crippen MR) is 88.9 cm³/mol. The molecular weight excluding hydrogens is 292 g/mol. The van der Waals surface area contributed by atoms with Crippen molar-refractivity contribution >= 4 is 5.91 Å². The van der Waals surface area contributed by atoms with E-state index in [-0.39, 0.29) is 11.9 Å². The number of carbonyl (C=O) groups is 1. The van der Waals surface area contributed by atoms with Crippen LogP contribution < -0.4 is 10.1 Å². The fourth-order valence-corrected chi connectivity index (χ4v) is 2.49. The Bertz CT molecular complexity index is 647. The lowest BCUT2D eigenvalue weighted by atomic mass is 10.1. The van der Waals surface area contributed by atoms with Crippen LogP contribution in [0.3, 0.4) is 0 Å². The van der Waals surface area contributed by atoms with Crippen LogP contribution in [0.1, 0.15) is 47.6 Å². The van der Waals surface area contributed by atoms with Gasteiger partial charge in [-0.1, -0.05) is 24.2 Å². The number of ether oxygens (including phenoxy) is 1. The van der Waals surface area contributed by atoms with E-state index < -0.39 is 0 Å². The van der Waals surface area contributed by atoms with Crippen LogP contribution in [0, 0.1) is 6.92 Å². The molecule has 2 aromatic rings. The summed E-state index contributed by atoms with van der Waals surface area (Å²) in [5, 5.41) is 6.95. The van der Waals surface area contributed by atoms with Gasteiger partial charge in [0, 0.05) is 6.04 Å². The largest absolute Gasteiger partial charge is 0.497 e. The van der Waals surface area contributed by atoms with Crippen molar-refractivity contribution in [2.75, 3.05) is 7.11 Å². The Morgan fingerprint density at radius 2 is 2.04 bits per heavy atom. The van der Waals surface area contributed by atoms with Crippen LogP contribution in [0.5, 0.6) is 5.75 Å². The second kappa shape index (κ2) is 7.81. The van der Waals surface area contributed by atoms with E-state index in [0.29, 0.717) is 23.4 Å². The highest BCUT2D eigenvalue weighted by Gasteiger charge is 2.20. The predicted octanol–water partition coefficient (Wildman–Crippen LogP) is 3.31. The summed E-state index contributed by atoms with van der Waals surface area (Å²) in [7, 11) is 1.66. The van der Waals surface area contributed by atoms with Gasteiger partial charge in [-0.3, -0.25) is 4.79 Å². The SMILES string of the molecule is CCc1noc(C)c1C(=O)N[C@@H](C)CCc1ccc(OC)cc1. The first-order chi connectivity index (χ1) is 11.0. The minimum Gasteiger partial charge on any atom is -0.497 e. The number of methoxy groups -OCH3 is 1. The molecule has 124 valence electrons. The molecule has 1 atom stereocenters. The third-order valence-electron chi connectivity index (χ3n) is 3.90. The van der Waals surface area contributed by atoms with Gasteiger partial charge < -0.3 is 14.6 Å². The standard InChI is InChI=1S/C18H24N2O3/c1-5-16-17(13(3)23-20-16)18(21)19-12(2)6-7-14-8-10-15(22-4)11-9-14/h8-12H,5-7H2,1-4H3,(H,19,21)/t12-/m0/s1. The van der Waals surface area contributed by atoms with Crippen molar-refractivity contribution < 1.29 is 14.1 Å². The van der Waals surface area contributed by atoms with Crippen molar-refractivity contribution in [3.05, 3.63) is 46.8 Å². The number of aryl methyl sites for hydroxylation is 3. The summed E-state index contributed by atoms with van der Waals surface area (Å²) in [4.78, 5) is 12.4. The van der Waals surface area contributed by atoms with Gasteiger partial charge in [0.15, 0.2) is 0 Å². The molecule has 0 bridgehead atoms. The lowest BCUT2D eigenvalue weighted by Crippen LogP contribution is -2.33. The summed E-state index contributed by atoms with van der Waals surface area (Å²) in [5.41, 5.74) is 2.51. The molecule has 1 aromatic heterocycles. The number of benzene rings is 1. The summed E-state index contributed by atoms with van der Waals surface area (Å²) in [6, 6.07) is 8.07. The highest BCUT2D eigenvalue weighted by Crippen LogP contribution is 2.15. The number of hydrogen-bond acceptors (Lipinski definition) is 4. The number of hydrogen-bond donors (Lipinski definition) is 1. The van der Waals surface area contributed by atoms with Gasteiger partial charge in [0.2, 0.25) is 0 Å². The maximum Gasteiger partial charge on any atom is 0.257 e. The first-order valence-corrected chi connectivity index (χ1v) is 7.94. The number of nitrogens with zero attached hydrogens (tertiary/aromatic N) is 1. The summed E-state index contributed by atoms with van der Waals surface area (Å²) < 4.78 is 10.3. The minimum absolute atomic E-state index is 0.0728. The number of carbonyl (C=O) groups excluding carboxylic acids is 1. The zero-order valence-corrected chi connectivity index (χ0v) is 14.2. The average molecular weight is 316 g/mol. The van der Waals surface area contributed by atoms with Gasteiger partial charge in [-0.25, -0.2) is 0 Å². The van der Waals surface area contributed by atoms with E-state index in [9.17, 15) is 4.79 Å². The topological polar surface area (TPSA) is 64.4 Å². The molecule has 0 spiro atoms. The molecule has 1 N–H and O–H groups in total. The molecule has 1 heterocycles. The first kappa shape index (κ1) is 17.1. The number of amides is 1. The summed E-state index contributed by atoms with van der Waals surface area (Å²) in [6.45, 7) is 5.74. The number of nitrogens with one attached hydrogen (secondary N) is 1. The molecule has 0 saturated heterocycles. The molecule has 5 nitrogen and oxygen atoms in total. The van der Waals surface area contributed by atoms with Gasteiger partial charge in [0.05, 0.1) is 12.8 Å². The highest BCUT2D eigenvalue weighted by molar-refractivity contribution is 5.96. The van der Waals surface area contributed by atoms with Crippen LogP contribution in [-0.4, -0.2) is 24.2 Å². The van der Waals surface area contributed by atoms with Crippen molar-refractivity contribution in [2.24, 2.45) is 0 Å². The molecule has 0 aliphatic heterocycles. The summed E-state index contributed by atoms with van der Waals surface area (Å²) in [5.74, 6) is 1.31. The third kappa shape index (κ3) is 4.34. The van der Waals surface area contributed by atoms with E-state index in [1.165, 1.54) is 5.56 Å². The van der Waals surface area contributed by atoms with Crippen molar-refractivity contribution in [1.82, 2.24) is 10.5 Å². The van der Waals surface area contributed by atoms with Crippen molar-refractivity contribution in [1.29, 1.82) is 0 Å². The molecule has 23 heavy (non-hydrogen) atoms. The Morgan fingerprint density at radius 3 is 2.65 bits per heavy atom. The molecule has 1 amide bonds. The molecule has 1 aromatic carbocycles. The summed E-state index contributed by atoms with van der Waals surface area (Å²) >= 11 is 0. The fourth-order valence-electron chi connectivity index (χ4n) is 2.49. The van der Waals surface area contributed by atoms with Crippen molar-refractivity contribution in [3.63, 3.8) is 0 Å².